The van der Waals surface area contributed by atoms with Gasteiger partial charge in [0.2, 0.25) is 11.8 Å². The number of unbranched alkanes of at least 4 members (excludes halogenated alkanes) is 4. The topological polar surface area (TPSA) is 138 Å². The third-order valence-corrected chi connectivity index (χ3v) is 2.67. The first-order chi connectivity index (χ1) is 9.91. The molecule has 0 aliphatic heterocycles. The molecule has 0 rings (SSSR count). The largest absolute Gasteiger partial charge is 1.00 e. The zero-order valence-electron chi connectivity index (χ0n) is 13.8. The van der Waals surface area contributed by atoms with E-state index in [0.29, 0.717) is 12.8 Å². The summed E-state index contributed by atoms with van der Waals surface area (Å²) in [6.07, 6.45) is 4.28. The average Bonchev–Trinajstić information content (AvgIpc) is 2.41. The van der Waals surface area contributed by atoms with E-state index in [0.717, 1.165) is 19.3 Å². The van der Waals surface area contributed by atoms with Crippen LogP contribution in [0.4, 0.5) is 0 Å². The number of carboxylic acid groups (broad SMARTS) is 2. The van der Waals surface area contributed by atoms with Gasteiger partial charge in [-0.25, -0.2) is 0 Å². The number of nitrogens with one attached hydrogen (secondary N) is 2. The van der Waals surface area contributed by atoms with Crippen LogP contribution in [0.3, 0.4) is 0 Å². The summed E-state index contributed by atoms with van der Waals surface area (Å²) in [5.41, 5.74) is 0. The van der Waals surface area contributed by atoms with Crippen molar-refractivity contribution in [3.05, 3.63) is 0 Å². The van der Waals surface area contributed by atoms with E-state index in [1.54, 1.807) is 0 Å². The molecule has 0 aliphatic carbocycles. The van der Waals surface area contributed by atoms with Crippen LogP contribution in [0.1, 0.15) is 44.9 Å². The van der Waals surface area contributed by atoms with Crippen molar-refractivity contribution in [2.45, 2.75) is 44.9 Å². The number of amides is 2. The Kier molecular flexibility index (Phi) is 24.5. The number of hydrogen-bond donors (Lipinski definition) is 2. The van der Waals surface area contributed by atoms with Crippen LogP contribution in [0.5, 0.6) is 0 Å². The van der Waals surface area contributed by atoms with E-state index >= 15 is 0 Å². The van der Waals surface area contributed by atoms with Gasteiger partial charge in [-0.1, -0.05) is 19.3 Å². The second-order valence-electron chi connectivity index (χ2n) is 4.57. The summed E-state index contributed by atoms with van der Waals surface area (Å²) in [5.74, 6) is -3.28. The molecule has 0 saturated heterocycles. The van der Waals surface area contributed by atoms with Gasteiger partial charge in [-0.3, -0.25) is 9.59 Å². The molecule has 0 atom stereocenters. The van der Waals surface area contributed by atoms with Crippen LogP contribution < -0.4 is 124 Å². The van der Waals surface area contributed by atoms with E-state index in [4.69, 9.17) is 0 Å². The molecular weight excluding hydrogens is 358 g/mol. The Morgan fingerprint density at radius 1 is 0.609 bits per heavy atom. The molecule has 0 aromatic rings. The molecule has 2 amide bonds. The molecule has 0 aliphatic rings. The Bertz CT molecular complexity index is 345. The Morgan fingerprint density at radius 3 is 1.22 bits per heavy atom. The van der Waals surface area contributed by atoms with Crippen LogP contribution in [0, 0.1) is 0 Å². The first-order valence-electron chi connectivity index (χ1n) is 6.85. The molecule has 10 heteroatoms. The molecule has 23 heavy (non-hydrogen) atoms. The molecule has 0 aromatic heterocycles. The second kappa shape index (κ2) is 19.5. The van der Waals surface area contributed by atoms with Gasteiger partial charge in [0.15, 0.2) is 0 Å². The number of aliphatic carboxylic acids is 2. The standard InChI is InChI=1S/C13H22N2O6.2K/c16-10(14-8-12(18)19)6-4-2-1-3-5-7-11(17)15-9-13(20)21;;/h1-9H2,(H,14,16)(H,15,17)(H,18,19)(H,20,21);;/q;2*+1/p-2. The molecule has 2 N–H and O–H groups in total. The number of carbonyl (C=O) groups excluding carboxylic acids is 4. The minimum absolute atomic E-state index is 0. The summed E-state index contributed by atoms with van der Waals surface area (Å²) >= 11 is 0. The number of rotatable bonds is 12. The van der Waals surface area contributed by atoms with Crippen LogP contribution in [0.2, 0.25) is 0 Å². The zero-order chi connectivity index (χ0) is 16.1. The van der Waals surface area contributed by atoms with Gasteiger partial charge >= 0.3 is 103 Å². The van der Waals surface area contributed by atoms with Crippen molar-refractivity contribution < 1.29 is 132 Å². The van der Waals surface area contributed by atoms with Gasteiger partial charge in [0.05, 0.1) is 25.0 Å². The van der Waals surface area contributed by atoms with E-state index in [2.05, 4.69) is 10.6 Å². The molecule has 0 aromatic carbocycles. The summed E-state index contributed by atoms with van der Waals surface area (Å²) in [5, 5.41) is 24.6. The molecule has 0 bridgehead atoms. The fraction of sp³-hybridized carbons (Fsp3) is 0.692. The predicted octanol–water partition coefficient (Wildman–Crippen LogP) is -8.54. The Balaban J connectivity index is -0.00000200. The number of carbonyl (C=O) groups is 4. The molecule has 120 valence electrons. The van der Waals surface area contributed by atoms with Crippen molar-refractivity contribution in [1.29, 1.82) is 0 Å². The minimum Gasteiger partial charge on any atom is -0.548 e. The van der Waals surface area contributed by atoms with Crippen molar-refractivity contribution in [3.63, 3.8) is 0 Å². The van der Waals surface area contributed by atoms with Crippen LogP contribution in [0.15, 0.2) is 0 Å². The first-order valence-corrected chi connectivity index (χ1v) is 6.85. The Morgan fingerprint density at radius 2 is 0.913 bits per heavy atom. The summed E-state index contributed by atoms with van der Waals surface area (Å²) in [6.45, 7) is -0.945. The molecule has 0 unspecified atom stereocenters. The Labute approximate surface area is 220 Å². The molecular formula is C13H20K2N2O6. The molecule has 0 spiro atoms. The number of carboxylic acids is 2. The van der Waals surface area contributed by atoms with Gasteiger partial charge < -0.3 is 30.4 Å². The summed E-state index contributed by atoms with van der Waals surface area (Å²) in [7, 11) is 0. The van der Waals surface area contributed by atoms with Gasteiger partial charge in [0, 0.05) is 12.8 Å². The molecule has 0 saturated carbocycles. The van der Waals surface area contributed by atoms with Gasteiger partial charge in [-0.05, 0) is 12.8 Å². The summed E-state index contributed by atoms with van der Waals surface area (Å²) in [6, 6.07) is 0. The fourth-order valence-electron chi connectivity index (χ4n) is 1.62. The molecule has 0 heterocycles. The van der Waals surface area contributed by atoms with Gasteiger partial charge in [-0.15, -0.1) is 0 Å². The predicted molar refractivity (Wildman–Crippen MR) is 68.4 cm³/mol. The third-order valence-electron chi connectivity index (χ3n) is 2.67. The average molecular weight is 379 g/mol. The smallest absolute Gasteiger partial charge is 0.548 e. The summed E-state index contributed by atoms with van der Waals surface area (Å²) in [4.78, 5) is 42.5. The van der Waals surface area contributed by atoms with Crippen LogP contribution >= 0.6 is 0 Å². The maximum Gasteiger partial charge on any atom is 1.00 e. The van der Waals surface area contributed by atoms with Crippen molar-refractivity contribution in [3.8, 4) is 0 Å². The normalized spacial score (nSPS) is 9.04. The van der Waals surface area contributed by atoms with Gasteiger partial charge in [-0.2, -0.15) is 0 Å². The maximum absolute atomic E-state index is 11.1. The van der Waals surface area contributed by atoms with E-state index in [-0.39, 0.29) is 127 Å². The van der Waals surface area contributed by atoms with Crippen molar-refractivity contribution >= 4 is 23.8 Å². The van der Waals surface area contributed by atoms with Crippen molar-refractivity contribution in [2.24, 2.45) is 0 Å². The molecule has 8 nitrogen and oxygen atoms in total. The van der Waals surface area contributed by atoms with E-state index in [1.165, 1.54) is 0 Å². The maximum atomic E-state index is 11.1. The monoisotopic (exact) mass is 378 g/mol. The van der Waals surface area contributed by atoms with E-state index in [9.17, 15) is 29.4 Å². The van der Waals surface area contributed by atoms with Gasteiger partial charge in [0.1, 0.15) is 0 Å². The summed E-state index contributed by atoms with van der Waals surface area (Å²) < 4.78 is 0. The fourth-order valence-corrected chi connectivity index (χ4v) is 1.62. The molecule has 0 fully saturated rings. The Hall–Kier alpha value is 1.15. The second-order valence-corrected chi connectivity index (χ2v) is 4.57. The first kappa shape index (κ1) is 28.9. The van der Waals surface area contributed by atoms with E-state index in [1.807, 2.05) is 0 Å². The minimum atomic E-state index is -1.32. The van der Waals surface area contributed by atoms with Crippen molar-refractivity contribution in [1.82, 2.24) is 10.6 Å². The van der Waals surface area contributed by atoms with Crippen LogP contribution in [-0.4, -0.2) is 36.8 Å². The van der Waals surface area contributed by atoms with Gasteiger partial charge in [0.25, 0.3) is 0 Å². The number of hydrogen-bond acceptors (Lipinski definition) is 6. The third kappa shape index (κ3) is 23.2. The van der Waals surface area contributed by atoms with E-state index < -0.39 is 25.0 Å². The SMILES string of the molecule is O=C([O-])CNC(=O)CCCCCCCC(=O)NCC(=O)[O-].[K+].[K+]. The van der Waals surface area contributed by atoms with Crippen LogP contribution in [0.25, 0.3) is 0 Å². The quantitative estimate of drug-likeness (QED) is 0.255. The van der Waals surface area contributed by atoms with Crippen molar-refractivity contribution in [2.75, 3.05) is 13.1 Å². The molecule has 0 radical (unpaired) electrons. The van der Waals surface area contributed by atoms with Crippen LogP contribution in [-0.2, 0) is 19.2 Å². The zero-order valence-corrected chi connectivity index (χ0v) is 20.1.